The van der Waals surface area contributed by atoms with E-state index in [4.69, 9.17) is 9.47 Å². The van der Waals surface area contributed by atoms with Crippen molar-refractivity contribution in [3.63, 3.8) is 0 Å². The molecule has 134 valence electrons. The third-order valence-corrected chi connectivity index (χ3v) is 3.69. The highest BCUT2D eigenvalue weighted by Gasteiger charge is 2.10. The van der Waals surface area contributed by atoms with Crippen LogP contribution in [0.3, 0.4) is 0 Å². The summed E-state index contributed by atoms with van der Waals surface area (Å²) in [5.74, 6) is 1.68. The van der Waals surface area contributed by atoms with Gasteiger partial charge in [0, 0.05) is 12.1 Å². The standard InChI is InChI=1S/C18H19N5O3/c1-25-15-7-3-5-13(9-15)11-19-17(24)12-23-21-18(20-22-23)14-6-4-8-16(10-14)26-2/h3-10H,11-12H2,1-2H3,(H,19,24). The quantitative estimate of drug-likeness (QED) is 0.695. The normalized spacial score (nSPS) is 10.4. The van der Waals surface area contributed by atoms with Crippen molar-refractivity contribution in [2.45, 2.75) is 13.1 Å². The van der Waals surface area contributed by atoms with Gasteiger partial charge in [0.05, 0.1) is 14.2 Å². The molecular weight excluding hydrogens is 334 g/mol. The van der Waals surface area contributed by atoms with E-state index in [0.29, 0.717) is 18.1 Å². The van der Waals surface area contributed by atoms with E-state index in [-0.39, 0.29) is 12.5 Å². The molecule has 3 rings (SSSR count). The number of carbonyl (C=O) groups excluding carboxylic acids is 1. The lowest BCUT2D eigenvalue weighted by atomic mass is 10.2. The Morgan fingerprint density at radius 3 is 2.58 bits per heavy atom. The van der Waals surface area contributed by atoms with Crippen molar-refractivity contribution in [3.8, 4) is 22.9 Å². The number of hydrogen-bond donors (Lipinski definition) is 1. The Balaban J connectivity index is 1.58. The highest BCUT2D eigenvalue weighted by atomic mass is 16.5. The Bertz CT molecular complexity index is 894. The van der Waals surface area contributed by atoms with Crippen LogP contribution < -0.4 is 14.8 Å². The van der Waals surface area contributed by atoms with Gasteiger partial charge in [-0.05, 0) is 35.0 Å². The fraction of sp³-hybridized carbons (Fsp3) is 0.222. The second kappa shape index (κ2) is 8.11. The molecule has 0 saturated heterocycles. The van der Waals surface area contributed by atoms with Crippen LogP contribution in [0, 0.1) is 0 Å². The van der Waals surface area contributed by atoms with Gasteiger partial charge in [-0.1, -0.05) is 24.3 Å². The molecule has 0 spiro atoms. The molecule has 0 aliphatic rings. The molecule has 2 aromatic carbocycles. The number of nitrogens with one attached hydrogen (secondary N) is 1. The van der Waals surface area contributed by atoms with Crippen LogP contribution in [-0.2, 0) is 17.9 Å². The molecule has 0 saturated carbocycles. The highest BCUT2D eigenvalue weighted by Crippen LogP contribution is 2.19. The first-order valence-electron chi connectivity index (χ1n) is 8.00. The third-order valence-electron chi connectivity index (χ3n) is 3.69. The molecule has 0 aliphatic heterocycles. The van der Waals surface area contributed by atoms with Crippen molar-refractivity contribution in [2.75, 3.05) is 14.2 Å². The number of benzene rings is 2. The molecule has 0 fully saturated rings. The smallest absolute Gasteiger partial charge is 0.243 e. The molecule has 0 bridgehead atoms. The average molecular weight is 353 g/mol. The lowest BCUT2D eigenvalue weighted by Crippen LogP contribution is -2.28. The van der Waals surface area contributed by atoms with Gasteiger partial charge in [-0.15, -0.1) is 10.2 Å². The van der Waals surface area contributed by atoms with E-state index in [0.717, 1.165) is 16.9 Å². The fourth-order valence-electron chi connectivity index (χ4n) is 2.36. The Morgan fingerprint density at radius 1 is 1.08 bits per heavy atom. The monoisotopic (exact) mass is 353 g/mol. The predicted octanol–water partition coefficient (Wildman–Crippen LogP) is 1.67. The van der Waals surface area contributed by atoms with Gasteiger partial charge < -0.3 is 14.8 Å². The van der Waals surface area contributed by atoms with E-state index in [2.05, 4.69) is 20.7 Å². The number of hydrogen-bond acceptors (Lipinski definition) is 6. The summed E-state index contributed by atoms with van der Waals surface area (Å²) < 4.78 is 10.3. The summed E-state index contributed by atoms with van der Waals surface area (Å²) in [7, 11) is 3.20. The van der Waals surface area contributed by atoms with Crippen LogP contribution in [0.15, 0.2) is 48.5 Å². The minimum absolute atomic E-state index is 0.0130. The average Bonchev–Trinajstić information content (AvgIpc) is 3.15. The number of nitrogens with zero attached hydrogens (tertiary/aromatic N) is 4. The molecule has 1 N–H and O–H groups in total. The van der Waals surface area contributed by atoms with Gasteiger partial charge in [-0.2, -0.15) is 4.80 Å². The summed E-state index contributed by atoms with van der Waals surface area (Å²) in [4.78, 5) is 13.4. The zero-order valence-electron chi connectivity index (χ0n) is 14.5. The largest absolute Gasteiger partial charge is 0.497 e. The number of carbonyl (C=O) groups is 1. The Morgan fingerprint density at radius 2 is 1.81 bits per heavy atom. The highest BCUT2D eigenvalue weighted by molar-refractivity contribution is 5.75. The first kappa shape index (κ1) is 17.4. The van der Waals surface area contributed by atoms with Crippen LogP contribution in [-0.4, -0.2) is 40.3 Å². The van der Waals surface area contributed by atoms with Crippen LogP contribution in [0.4, 0.5) is 0 Å². The summed E-state index contributed by atoms with van der Waals surface area (Å²) in [5, 5.41) is 15.0. The summed E-state index contributed by atoms with van der Waals surface area (Å²) >= 11 is 0. The molecule has 0 unspecified atom stereocenters. The molecular formula is C18H19N5O3. The number of rotatable bonds is 7. The van der Waals surface area contributed by atoms with Crippen LogP contribution >= 0.6 is 0 Å². The van der Waals surface area contributed by atoms with E-state index in [9.17, 15) is 4.79 Å². The van der Waals surface area contributed by atoms with Crippen LogP contribution in [0.5, 0.6) is 11.5 Å². The molecule has 0 atom stereocenters. The summed E-state index contributed by atoms with van der Waals surface area (Å²) in [5.41, 5.74) is 1.72. The van der Waals surface area contributed by atoms with Crippen molar-refractivity contribution >= 4 is 5.91 Å². The molecule has 8 heteroatoms. The van der Waals surface area contributed by atoms with Crippen LogP contribution in [0.2, 0.25) is 0 Å². The van der Waals surface area contributed by atoms with Crippen LogP contribution in [0.25, 0.3) is 11.4 Å². The van der Waals surface area contributed by atoms with Gasteiger partial charge in [0.15, 0.2) is 0 Å². The fourth-order valence-corrected chi connectivity index (χ4v) is 2.36. The van der Waals surface area contributed by atoms with E-state index in [1.54, 1.807) is 14.2 Å². The van der Waals surface area contributed by atoms with Crippen molar-refractivity contribution in [1.82, 2.24) is 25.5 Å². The van der Waals surface area contributed by atoms with Crippen LogP contribution in [0.1, 0.15) is 5.56 Å². The van der Waals surface area contributed by atoms with Gasteiger partial charge in [0.25, 0.3) is 0 Å². The third kappa shape index (κ3) is 4.35. The van der Waals surface area contributed by atoms with Gasteiger partial charge in [0.2, 0.25) is 11.7 Å². The lowest BCUT2D eigenvalue weighted by Gasteiger charge is -2.06. The number of tetrazole rings is 1. The summed E-state index contributed by atoms with van der Waals surface area (Å²) in [6.45, 7) is 0.383. The molecule has 1 aromatic heterocycles. The summed E-state index contributed by atoms with van der Waals surface area (Å²) in [6.07, 6.45) is 0. The molecule has 1 amide bonds. The lowest BCUT2D eigenvalue weighted by molar-refractivity contribution is -0.122. The maximum atomic E-state index is 12.1. The van der Waals surface area contributed by atoms with E-state index < -0.39 is 0 Å². The zero-order chi connectivity index (χ0) is 18.4. The Labute approximate surface area is 150 Å². The van der Waals surface area contributed by atoms with Crippen molar-refractivity contribution in [3.05, 3.63) is 54.1 Å². The number of ether oxygens (including phenoxy) is 2. The van der Waals surface area contributed by atoms with Gasteiger partial charge >= 0.3 is 0 Å². The van der Waals surface area contributed by atoms with Crippen molar-refractivity contribution in [2.24, 2.45) is 0 Å². The minimum Gasteiger partial charge on any atom is -0.497 e. The molecule has 0 aliphatic carbocycles. The van der Waals surface area contributed by atoms with E-state index >= 15 is 0 Å². The SMILES string of the molecule is COc1cccc(CNC(=O)Cn2nnc(-c3cccc(OC)c3)n2)c1. The number of aromatic nitrogens is 4. The maximum Gasteiger partial charge on any atom is 0.243 e. The van der Waals surface area contributed by atoms with Crippen molar-refractivity contribution < 1.29 is 14.3 Å². The van der Waals surface area contributed by atoms with E-state index in [1.165, 1.54) is 4.80 Å². The molecule has 3 aromatic rings. The molecule has 1 heterocycles. The van der Waals surface area contributed by atoms with Gasteiger partial charge in [0.1, 0.15) is 18.0 Å². The minimum atomic E-state index is -0.206. The second-order valence-corrected chi connectivity index (χ2v) is 5.50. The Hall–Kier alpha value is -3.42. The first-order valence-corrected chi connectivity index (χ1v) is 8.00. The molecule has 0 radical (unpaired) electrons. The van der Waals surface area contributed by atoms with Crippen molar-refractivity contribution in [1.29, 1.82) is 0 Å². The predicted molar refractivity (Wildman–Crippen MR) is 94.6 cm³/mol. The van der Waals surface area contributed by atoms with E-state index in [1.807, 2.05) is 48.5 Å². The van der Waals surface area contributed by atoms with Gasteiger partial charge in [-0.25, -0.2) is 0 Å². The number of amides is 1. The molecule has 26 heavy (non-hydrogen) atoms. The number of methoxy groups -OCH3 is 2. The zero-order valence-corrected chi connectivity index (χ0v) is 14.5. The first-order chi connectivity index (χ1) is 12.7. The second-order valence-electron chi connectivity index (χ2n) is 5.50. The molecule has 8 nitrogen and oxygen atoms in total. The Kier molecular flexibility index (Phi) is 5.43. The van der Waals surface area contributed by atoms with Gasteiger partial charge in [-0.3, -0.25) is 4.79 Å². The summed E-state index contributed by atoms with van der Waals surface area (Å²) in [6, 6.07) is 14.9. The topological polar surface area (TPSA) is 91.2 Å². The maximum absolute atomic E-state index is 12.1.